The molecule has 0 bridgehead atoms. The second-order valence-corrected chi connectivity index (χ2v) is 4.92. The normalized spacial score (nSPS) is 11.9. The molecule has 0 fully saturated rings. The van der Waals surface area contributed by atoms with E-state index in [4.69, 9.17) is 23.2 Å². The van der Waals surface area contributed by atoms with Crippen LogP contribution in [0, 0.1) is 0 Å². The Morgan fingerprint density at radius 2 is 1.95 bits per heavy atom. The molecule has 0 aliphatic heterocycles. The lowest BCUT2D eigenvalue weighted by molar-refractivity contribution is 0.0916. The summed E-state index contributed by atoms with van der Waals surface area (Å²) in [5.74, 6) is -0.319. The molecule has 0 saturated carbocycles. The number of rotatable bonds is 4. The number of benzene rings is 1. The highest BCUT2D eigenvalue weighted by Gasteiger charge is 2.16. The number of aliphatic hydroxyl groups excluding tert-OH is 1. The topological polar surface area (TPSA) is 62.2 Å². The van der Waals surface area contributed by atoms with E-state index < -0.39 is 6.10 Å². The van der Waals surface area contributed by atoms with Crippen molar-refractivity contribution in [3.8, 4) is 0 Å². The Kier molecular flexibility index (Phi) is 4.95. The number of nitrogens with zero attached hydrogens (tertiary/aromatic N) is 1. The number of aromatic nitrogens is 1. The van der Waals surface area contributed by atoms with Crippen LogP contribution in [0.15, 0.2) is 42.7 Å². The minimum absolute atomic E-state index is 0.0111. The summed E-state index contributed by atoms with van der Waals surface area (Å²) >= 11 is 12.0. The molecule has 2 aromatic rings. The highest BCUT2D eigenvalue weighted by atomic mass is 35.5. The first-order valence-corrected chi connectivity index (χ1v) is 6.65. The summed E-state index contributed by atoms with van der Waals surface area (Å²) in [4.78, 5) is 15.7. The fourth-order valence-corrected chi connectivity index (χ4v) is 2.37. The maximum Gasteiger partial charge on any atom is 0.252 e. The van der Waals surface area contributed by atoms with Gasteiger partial charge in [-0.1, -0.05) is 29.3 Å². The van der Waals surface area contributed by atoms with Crippen LogP contribution in [0.25, 0.3) is 0 Å². The molecule has 2 N–H and O–H groups in total. The third kappa shape index (κ3) is 3.48. The van der Waals surface area contributed by atoms with E-state index in [2.05, 4.69) is 10.3 Å². The van der Waals surface area contributed by atoms with Gasteiger partial charge in [0.05, 0.1) is 11.7 Å². The maximum absolute atomic E-state index is 11.8. The summed E-state index contributed by atoms with van der Waals surface area (Å²) in [6, 6.07) is 8.26. The zero-order valence-corrected chi connectivity index (χ0v) is 11.9. The Hall–Kier alpha value is -1.62. The van der Waals surface area contributed by atoms with Gasteiger partial charge in [-0.2, -0.15) is 0 Å². The van der Waals surface area contributed by atoms with E-state index in [9.17, 15) is 9.90 Å². The van der Waals surface area contributed by atoms with Crippen molar-refractivity contribution in [1.29, 1.82) is 0 Å². The number of carbonyl (C=O) groups excluding carboxylic acids is 1. The number of pyridine rings is 1. The zero-order chi connectivity index (χ0) is 14.5. The lowest BCUT2D eigenvalue weighted by atomic mass is 10.1. The Bertz CT molecular complexity index is 585. The van der Waals surface area contributed by atoms with Crippen molar-refractivity contribution >= 4 is 29.1 Å². The lowest BCUT2D eigenvalue weighted by Gasteiger charge is -2.15. The van der Waals surface area contributed by atoms with Crippen LogP contribution in [-0.4, -0.2) is 22.5 Å². The molecule has 1 amide bonds. The van der Waals surface area contributed by atoms with Crippen LogP contribution in [0.3, 0.4) is 0 Å². The molecule has 0 aliphatic rings. The first kappa shape index (κ1) is 14.8. The summed E-state index contributed by atoms with van der Waals surface area (Å²) < 4.78 is 0. The largest absolute Gasteiger partial charge is 0.386 e. The van der Waals surface area contributed by atoms with E-state index in [0.29, 0.717) is 21.2 Å². The minimum Gasteiger partial charge on any atom is -0.386 e. The number of amides is 1. The van der Waals surface area contributed by atoms with Gasteiger partial charge in [-0.15, -0.1) is 0 Å². The van der Waals surface area contributed by atoms with Crippen molar-refractivity contribution in [1.82, 2.24) is 10.3 Å². The lowest BCUT2D eigenvalue weighted by Crippen LogP contribution is -2.28. The van der Waals surface area contributed by atoms with Gasteiger partial charge in [0, 0.05) is 34.5 Å². The standard InChI is InChI=1S/C14H12Cl2N2O2/c15-10-4-1-5-11(16)13(10)12(19)8-18-14(20)9-3-2-6-17-7-9/h1-7,12,19H,8H2,(H,18,20)/t12-/m1/s1. The molecule has 0 saturated heterocycles. The van der Waals surface area contributed by atoms with E-state index >= 15 is 0 Å². The molecule has 6 heteroatoms. The van der Waals surface area contributed by atoms with Gasteiger partial charge in [-0.25, -0.2) is 0 Å². The van der Waals surface area contributed by atoms with Crippen molar-refractivity contribution in [2.24, 2.45) is 0 Å². The summed E-state index contributed by atoms with van der Waals surface area (Å²) in [5.41, 5.74) is 0.826. The molecule has 0 unspecified atom stereocenters. The van der Waals surface area contributed by atoms with Gasteiger partial charge >= 0.3 is 0 Å². The number of nitrogens with one attached hydrogen (secondary N) is 1. The zero-order valence-electron chi connectivity index (χ0n) is 10.4. The number of carbonyl (C=O) groups is 1. The van der Waals surface area contributed by atoms with Gasteiger partial charge in [0.15, 0.2) is 0 Å². The van der Waals surface area contributed by atoms with Crippen LogP contribution >= 0.6 is 23.2 Å². The van der Waals surface area contributed by atoms with Gasteiger partial charge in [0.1, 0.15) is 0 Å². The average molecular weight is 311 g/mol. The SMILES string of the molecule is O=C(NC[C@@H](O)c1c(Cl)cccc1Cl)c1cccnc1. The molecule has 104 valence electrons. The molecule has 1 heterocycles. The van der Waals surface area contributed by atoms with E-state index in [1.54, 1.807) is 36.5 Å². The summed E-state index contributed by atoms with van der Waals surface area (Å²) in [6.45, 7) is 0.0111. The predicted molar refractivity (Wildman–Crippen MR) is 78.0 cm³/mol. The highest BCUT2D eigenvalue weighted by molar-refractivity contribution is 6.36. The van der Waals surface area contributed by atoms with Crippen LogP contribution in [0.4, 0.5) is 0 Å². The Balaban J connectivity index is 2.02. The van der Waals surface area contributed by atoms with Gasteiger partial charge in [0.2, 0.25) is 0 Å². The third-order valence-corrected chi connectivity index (χ3v) is 3.37. The van der Waals surface area contributed by atoms with Crippen LogP contribution in [-0.2, 0) is 0 Å². The van der Waals surface area contributed by atoms with Crippen LogP contribution in [0.2, 0.25) is 10.0 Å². The molecule has 4 nitrogen and oxygen atoms in total. The number of hydrogen-bond donors (Lipinski definition) is 2. The van der Waals surface area contributed by atoms with Crippen molar-refractivity contribution in [3.63, 3.8) is 0 Å². The molecule has 1 aromatic carbocycles. The van der Waals surface area contributed by atoms with E-state index in [0.717, 1.165) is 0 Å². The minimum atomic E-state index is -0.975. The average Bonchev–Trinajstić information content (AvgIpc) is 2.45. The van der Waals surface area contributed by atoms with Gasteiger partial charge in [0.25, 0.3) is 5.91 Å². The fourth-order valence-electron chi connectivity index (χ4n) is 1.72. The first-order valence-electron chi connectivity index (χ1n) is 5.90. The van der Waals surface area contributed by atoms with E-state index in [1.165, 1.54) is 6.20 Å². The summed E-state index contributed by atoms with van der Waals surface area (Å²) in [5, 5.41) is 13.4. The van der Waals surface area contributed by atoms with Crippen molar-refractivity contribution < 1.29 is 9.90 Å². The van der Waals surface area contributed by atoms with E-state index in [-0.39, 0.29) is 12.5 Å². The summed E-state index contributed by atoms with van der Waals surface area (Å²) in [6.07, 6.45) is 2.05. The number of hydrogen-bond acceptors (Lipinski definition) is 3. The molecule has 0 aliphatic carbocycles. The monoisotopic (exact) mass is 310 g/mol. The van der Waals surface area contributed by atoms with Gasteiger partial charge in [-0.05, 0) is 24.3 Å². The fraction of sp³-hybridized carbons (Fsp3) is 0.143. The summed E-state index contributed by atoms with van der Waals surface area (Å²) in [7, 11) is 0. The third-order valence-electron chi connectivity index (χ3n) is 2.71. The maximum atomic E-state index is 11.8. The molecule has 1 atom stereocenters. The quantitative estimate of drug-likeness (QED) is 0.912. The predicted octanol–water partition coefficient (Wildman–Crippen LogP) is 2.85. The number of aliphatic hydroxyl groups is 1. The highest BCUT2D eigenvalue weighted by Crippen LogP contribution is 2.29. The molecule has 0 radical (unpaired) electrons. The first-order chi connectivity index (χ1) is 9.59. The van der Waals surface area contributed by atoms with Crippen molar-refractivity contribution in [2.75, 3.05) is 6.54 Å². The Morgan fingerprint density at radius 3 is 2.55 bits per heavy atom. The molecule has 0 spiro atoms. The Morgan fingerprint density at radius 1 is 1.25 bits per heavy atom. The molecular formula is C14H12Cl2N2O2. The smallest absolute Gasteiger partial charge is 0.252 e. The second kappa shape index (κ2) is 6.70. The van der Waals surface area contributed by atoms with Crippen LogP contribution in [0.1, 0.15) is 22.0 Å². The van der Waals surface area contributed by atoms with Crippen molar-refractivity contribution in [2.45, 2.75) is 6.10 Å². The number of halogens is 2. The second-order valence-electron chi connectivity index (χ2n) is 4.10. The molecule has 1 aromatic heterocycles. The van der Waals surface area contributed by atoms with Crippen LogP contribution in [0.5, 0.6) is 0 Å². The van der Waals surface area contributed by atoms with Crippen LogP contribution < -0.4 is 5.32 Å². The van der Waals surface area contributed by atoms with Gasteiger partial charge in [-0.3, -0.25) is 9.78 Å². The molecule has 20 heavy (non-hydrogen) atoms. The van der Waals surface area contributed by atoms with Gasteiger partial charge < -0.3 is 10.4 Å². The molecule has 2 rings (SSSR count). The Labute approximate surface area is 126 Å². The van der Waals surface area contributed by atoms with Crippen molar-refractivity contribution in [3.05, 3.63) is 63.9 Å². The molecular weight excluding hydrogens is 299 g/mol. The van der Waals surface area contributed by atoms with E-state index in [1.807, 2.05) is 0 Å².